The second kappa shape index (κ2) is 10.7. The first-order valence-electron chi connectivity index (χ1n) is 10.2. The minimum absolute atomic E-state index is 0.0419. The molecule has 0 bridgehead atoms. The summed E-state index contributed by atoms with van der Waals surface area (Å²) in [6, 6.07) is 13.9. The molecule has 7 heteroatoms. The second-order valence-electron chi connectivity index (χ2n) is 7.65. The van der Waals surface area contributed by atoms with Gasteiger partial charge in [-0.2, -0.15) is 0 Å². The van der Waals surface area contributed by atoms with Crippen LogP contribution in [0.4, 0.5) is 4.39 Å². The number of benzene rings is 2. The van der Waals surface area contributed by atoms with Gasteiger partial charge in [0.2, 0.25) is 11.8 Å². The van der Waals surface area contributed by atoms with Crippen LogP contribution in [0, 0.1) is 5.82 Å². The van der Waals surface area contributed by atoms with Gasteiger partial charge >= 0.3 is 0 Å². The fourth-order valence-electron chi connectivity index (χ4n) is 3.72. The Hall–Kier alpha value is -2.25. The van der Waals surface area contributed by atoms with E-state index < -0.39 is 0 Å². The largest absolute Gasteiger partial charge is 0.349 e. The van der Waals surface area contributed by atoms with Crippen molar-refractivity contribution in [3.63, 3.8) is 0 Å². The quantitative estimate of drug-likeness (QED) is 0.689. The lowest BCUT2D eigenvalue weighted by atomic mass is 10.0. The van der Waals surface area contributed by atoms with E-state index in [4.69, 9.17) is 0 Å². The van der Waals surface area contributed by atoms with Crippen LogP contribution in [0.1, 0.15) is 36.9 Å². The monoisotopic (exact) mass is 475 g/mol. The van der Waals surface area contributed by atoms with Crippen molar-refractivity contribution < 1.29 is 14.0 Å². The van der Waals surface area contributed by atoms with Crippen molar-refractivity contribution in [2.75, 3.05) is 26.2 Å². The summed E-state index contributed by atoms with van der Waals surface area (Å²) in [5, 5.41) is 2.90. The molecule has 2 aromatic carbocycles. The van der Waals surface area contributed by atoms with Crippen LogP contribution in [0.2, 0.25) is 0 Å². The summed E-state index contributed by atoms with van der Waals surface area (Å²) < 4.78 is 14.1. The molecule has 1 aliphatic rings. The summed E-state index contributed by atoms with van der Waals surface area (Å²) >= 11 is 3.41. The van der Waals surface area contributed by atoms with Crippen LogP contribution in [0.3, 0.4) is 0 Å². The Balaban J connectivity index is 1.59. The van der Waals surface area contributed by atoms with Crippen LogP contribution in [0.25, 0.3) is 0 Å². The molecule has 5 nitrogen and oxygen atoms in total. The maximum absolute atomic E-state index is 13.1. The van der Waals surface area contributed by atoms with Gasteiger partial charge in [-0.1, -0.05) is 40.2 Å². The number of hydrogen-bond acceptors (Lipinski definition) is 3. The molecular weight excluding hydrogens is 449 g/mol. The molecule has 2 aromatic rings. The zero-order chi connectivity index (χ0) is 21.5. The summed E-state index contributed by atoms with van der Waals surface area (Å²) in [7, 11) is 0. The average molecular weight is 476 g/mol. The number of carbonyl (C=O) groups is 2. The number of nitrogens with zero attached hydrogens (tertiary/aromatic N) is 2. The Morgan fingerprint density at radius 1 is 1.03 bits per heavy atom. The van der Waals surface area contributed by atoms with Crippen molar-refractivity contribution >= 4 is 27.7 Å². The summed E-state index contributed by atoms with van der Waals surface area (Å²) in [5.41, 5.74) is 1.98. The summed E-state index contributed by atoms with van der Waals surface area (Å²) in [6.45, 7) is 5.22. The molecule has 0 saturated carbocycles. The van der Waals surface area contributed by atoms with Crippen molar-refractivity contribution in [1.82, 2.24) is 15.1 Å². The Morgan fingerprint density at radius 3 is 2.40 bits per heavy atom. The molecule has 1 fully saturated rings. The maximum Gasteiger partial charge on any atom is 0.225 e. The van der Waals surface area contributed by atoms with Gasteiger partial charge in [-0.3, -0.25) is 14.5 Å². The van der Waals surface area contributed by atoms with Crippen LogP contribution in [-0.2, 0) is 16.1 Å². The Labute approximate surface area is 185 Å². The molecule has 2 amide bonds. The molecule has 1 heterocycles. The van der Waals surface area contributed by atoms with E-state index in [1.807, 2.05) is 29.2 Å². The number of rotatable bonds is 6. The molecule has 0 aromatic heterocycles. The Kier molecular flexibility index (Phi) is 7.99. The van der Waals surface area contributed by atoms with Gasteiger partial charge in [-0.15, -0.1) is 0 Å². The first kappa shape index (κ1) is 22.4. The first-order valence-corrected chi connectivity index (χ1v) is 11.0. The molecule has 1 N–H and O–H groups in total. The highest BCUT2D eigenvalue weighted by Gasteiger charge is 2.23. The third-order valence-electron chi connectivity index (χ3n) is 5.29. The van der Waals surface area contributed by atoms with Crippen LogP contribution in [-0.4, -0.2) is 47.8 Å². The van der Waals surface area contributed by atoms with Gasteiger partial charge in [-0.05, 0) is 41.8 Å². The number of halogens is 2. The van der Waals surface area contributed by atoms with E-state index in [1.165, 1.54) is 19.1 Å². The molecule has 160 valence electrons. The van der Waals surface area contributed by atoms with Crippen molar-refractivity contribution in [3.8, 4) is 0 Å². The van der Waals surface area contributed by atoms with E-state index >= 15 is 0 Å². The minimum Gasteiger partial charge on any atom is -0.349 e. The van der Waals surface area contributed by atoms with E-state index in [2.05, 4.69) is 26.1 Å². The number of nitrogens with one attached hydrogen (secondary N) is 1. The molecule has 30 heavy (non-hydrogen) atoms. The SMILES string of the molecule is CC(=O)NC(CC(=O)N1CCCN(Cc2ccc(F)cc2)CC1)c1ccc(Br)cc1. The molecule has 3 rings (SSSR count). The average Bonchev–Trinajstić information content (AvgIpc) is 2.95. The van der Waals surface area contributed by atoms with Crippen LogP contribution in [0.15, 0.2) is 53.0 Å². The summed E-state index contributed by atoms with van der Waals surface area (Å²) in [5.74, 6) is -0.344. The highest BCUT2D eigenvalue weighted by molar-refractivity contribution is 9.10. The highest BCUT2D eigenvalue weighted by atomic mass is 79.9. The fraction of sp³-hybridized carbons (Fsp3) is 0.391. The number of hydrogen-bond donors (Lipinski definition) is 1. The normalized spacial score (nSPS) is 16.0. The molecule has 0 aliphatic carbocycles. The van der Waals surface area contributed by atoms with Gasteiger partial charge in [-0.25, -0.2) is 4.39 Å². The molecule has 0 spiro atoms. The molecule has 1 aliphatic heterocycles. The molecule has 1 saturated heterocycles. The van der Waals surface area contributed by atoms with Crippen LogP contribution in [0.5, 0.6) is 0 Å². The van der Waals surface area contributed by atoms with Crippen molar-refractivity contribution in [3.05, 3.63) is 69.9 Å². The lowest BCUT2D eigenvalue weighted by Gasteiger charge is -2.25. The predicted octanol–water partition coefficient (Wildman–Crippen LogP) is 3.89. The van der Waals surface area contributed by atoms with Gasteiger partial charge in [0.15, 0.2) is 0 Å². The third-order valence-corrected chi connectivity index (χ3v) is 5.82. The minimum atomic E-state index is -0.346. The topological polar surface area (TPSA) is 52.7 Å². The van der Waals surface area contributed by atoms with Gasteiger partial charge in [0, 0.05) is 44.1 Å². The second-order valence-corrected chi connectivity index (χ2v) is 8.56. The lowest BCUT2D eigenvalue weighted by molar-refractivity contribution is -0.132. The zero-order valence-corrected chi connectivity index (χ0v) is 18.7. The van der Waals surface area contributed by atoms with Crippen LogP contribution >= 0.6 is 15.9 Å². The van der Waals surface area contributed by atoms with E-state index in [0.717, 1.165) is 41.7 Å². The Morgan fingerprint density at radius 2 is 1.73 bits per heavy atom. The number of amides is 2. The highest BCUT2D eigenvalue weighted by Crippen LogP contribution is 2.21. The van der Waals surface area contributed by atoms with Crippen molar-refractivity contribution in [2.24, 2.45) is 0 Å². The van der Waals surface area contributed by atoms with E-state index in [0.29, 0.717) is 13.1 Å². The van der Waals surface area contributed by atoms with Gasteiger partial charge in [0.05, 0.1) is 12.5 Å². The molecule has 1 unspecified atom stereocenters. The van der Waals surface area contributed by atoms with Crippen molar-refractivity contribution in [2.45, 2.75) is 32.4 Å². The Bertz CT molecular complexity index is 858. The molecular formula is C23H27BrFN3O2. The molecule has 0 radical (unpaired) electrons. The summed E-state index contributed by atoms with van der Waals surface area (Å²) in [6.07, 6.45) is 1.12. The van der Waals surface area contributed by atoms with Crippen LogP contribution < -0.4 is 5.32 Å². The maximum atomic E-state index is 13.1. The van der Waals surface area contributed by atoms with Gasteiger partial charge < -0.3 is 10.2 Å². The van der Waals surface area contributed by atoms with Gasteiger partial charge in [0.1, 0.15) is 5.82 Å². The summed E-state index contributed by atoms with van der Waals surface area (Å²) in [4.78, 5) is 28.8. The zero-order valence-electron chi connectivity index (χ0n) is 17.1. The van der Waals surface area contributed by atoms with E-state index in [1.54, 1.807) is 12.1 Å². The first-order chi connectivity index (χ1) is 14.4. The van der Waals surface area contributed by atoms with Crippen molar-refractivity contribution in [1.29, 1.82) is 0 Å². The predicted molar refractivity (Wildman–Crippen MR) is 118 cm³/mol. The smallest absolute Gasteiger partial charge is 0.225 e. The third kappa shape index (κ3) is 6.64. The van der Waals surface area contributed by atoms with Gasteiger partial charge in [0.25, 0.3) is 0 Å². The lowest BCUT2D eigenvalue weighted by Crippen LogP contribution is -2.38. The standard InChI is InChI=1S/C23H27BrFN3O2/c1-17(29)26-22(19-5-7-20(24)8-6-19)15-23(30)28-12-2-11-27(13-14-28)16-18-3-9-21(25)10-4-18/h3-10,22H,2,11-16H2,1H3,(H,26,29). The van der Waals surface area contributed by atoms with E-state index in [-0.39, 0.29) is 30.1 Å². The number of carbonyl (C=O) groups excluding carboxylic acids is 2. The molecule has 1 atom stereocenters. The fourth-order valence-corrected chi connectivity index (χ4v) is 3.99. The van der Waals surface area contributed by atoms with E-state index in [9.17, 15) is 14.0 Å².